The van der Waals surface area contributed by atoms with E-state index in [1.807, 2.05) is 6.07 Å². The van der Waals surface area contributed by atoms with Crippen molar-refractivity contribution in [2.75, 3.05) is 38.1 Å². The average Bonchev–Trinajstić information content (AvgIpc) is 3.35. The maximum Gasteiger partial charge on any atom is 0.269 e. The number of rotatable bonds is 4. The first kappa shape index (κ1) is 21.9. The summed E-state index contributed by atoms with van der Waals surface area (Å²) in [4.78, 5) is 41.1. The fourth-order valence-corrected chi connectivity index (χ4v) is 5.22. The Morgan fingerprint density at radius 1 is 1.15 bits per heavy atom. The molecular formula is C24H27ClN6O2. The van der Waals surface area contributed by atoms with E-state index in [-0.39, 0.29) is 17.4 Å². The zero-order valence-corrected chi connectivity index (χ0v) is 19.3. The predicted molar refractivity (Wildman–Crippen MR) is 129 cm³/mol. The molecule has 2 aliphatic heterocycles. The number of amides is 1. The second-order valence-electron chi connectivity index (χ2n) is 8.77. The Bertz CT molecular complexity index is 1220. The molecule has 8 nitrogen and oxygen atoms in total. The Morgan fingerprint density at radius 2 is 1.97 bits per heavy atom. The summed E-state index contributed by atoms with van der Waals surface area (Å²) in [7, 11) is 1.61. The Hall–Kier alpha value is -2.97. The summed E-state index contributed by atoms with van der Waals surface area (Å²) in [6.45, 7) is 3.80. The summed E-state index contributed by atoms with van der Waals surface area (Å²) < 4.78 is 0. The highest BCUT2D eigenvalue weighted by molar-refractivity contribution is 6.34. The van der Waals surface area contributed by atoms with Crippen LogP contribution in [0.15, 0.2) is 41.3 Å². The molecule has 2 fully saturated rings. The third-order valence-electron chi connectivity index (χ3n) is 6.87. The number of carbonyl (C=O) groups excluding carboxylic acids is 1. The minimum atomic E-state index is -0.173. The Labute approximate surface area is 197 Å². The molecule has 9 heteroatoms. The van der Waals surface area contributed by atoms with E-state index in [9.17, 15) is 9.59 Å². The van der Waals surface area contributed by atoms with E-state index in [1.165, 1.54) is 0 Å². The Morgan fingerprint density at radius 3 is 2.70 bits per heavy atom. The Kier molecular flexibility index (Phi) is 6.03. The lowest BCUT2D eigenvalue weighted by Crippen LogP contribution is -2.44. The molecule has 1 amide bonds. The van der Waals surface area contributed by atoms with Crippen LogP contribution >= 0.6 is 11.6 Å². The van der Waals surface area contributed by atoms with Gasteiger partial charge in [0.1, 0.15) is 11.5 Å². The summed E-state index contributed by atoms with van der Waals surface area (Å²) >= 11 is 6.30. The molecular weight excluding hydrogens is 440 g/mol. The van der Waals surface area contributed by atoms with Gasteiger partial charge < -0.3 is 15.2 Å². The third kappa shape index (κ3) is 4.32. The number of aromatic nitrogens is 3. The summed E-state index contributed by atoms with van der Waals surface area (Å²) in [6.07, 6.45) is 4.89. The van der Waals surface area contributed by atoms with E-state index in [2.05, 4.69) is 25.1 Å². The van der Waals surface area contributed by atoms with E-state index >= 15 is 0 Å². The van der Waals surface area contributed by atoms with Crippen LogP contribution < -0.4 is 15.8 Å². The number of likely N-dealkylation sites (tertiary alicyclic amines) is 1. The second kappa shape index (κ2) is 9.11. The first-order valence-corrected chi connectivity index (χ1v) is 11.8. The minimum Gasteiger partial charge on any atom is -0.370 e. The molecule has 3 aromatic rings. The van der Waals surface area contributed by atoms with Crippen LogP contribution in [0, 0.1) is 0 Å². The molecule has 33 heavy (non-hydrogen) atoms. The molecule has 2 aromatic heterocycles. The molecule has 0 aliphatic carbocycles. The minimum absolute atomic E-state index is 0.125. The number of carbonyl (C=O) groups is 1. The zero-order chi connectivity index (χ0) is 22.9. The number of para-hydroxylation sites is 1. The van der Waals surface area contributed by atoms with Crippen LogP contribution in [0.25, 0.3) is 10.9 Å². The number of aromatic amines is 1. The van der Waals surface area contributed by atoms with Gasteiger partial charge in [0.25, 0.3) is 11.5 Å². The van der Waals surface area contributed by atoms with Crippen molar-refractivity contribution in [2.45, 2.75) is 31.2 Å². The van der Waals surface area contributed by atoms with Gasteiger partial charge in [-0.05, 0) is 50.1 Å². The van der Waals surface area contributed by atoms with Crippen LogP contribution in [0.4, 0.5) is 5.69 Å². The highest BCUT2D eigenvalue weighted by Gasteiger charge is 2.32. The topological polar surface area (TPSA) is 94.2 Å². The van der Waals surface area contributed by atoms with E-state index in [1.54, 1.807) is 37.5 Å². The lowest BCUT2D eigenvalue weighted by molar-refractivity contribution is 0.0958. The van der Waals surface area contributed by atoms with Crippen molar-refractivity contribution in [1.29, 1.82) is 0 Å². The van der Waals surface area contributed by atoms with Crippen LogP contribution in [0.2, 0.25) is 5.02 Å². The molecule has 4 heterocycles. The van der Waals surface area contributed by atoms with Gasteiger partial charge in [-0.15, -0.1) is 0 Å². The van der Waals surface area contributed by atoms with Gasteiger partial charge in [0.15, 0.2) is 0 Å². The van der Waals surface area contributed by atoms with E-state index in [4.69, 9.17) is 16.6 Å². The standard InChI is InChI=1S/C24H27ClN6O2/c1-26-24(33)20-6-5-17(13-27-20)30-11-8-16(9-12-30)31-10-7-15(14-31)22-28-21-18(23(32)29-22)3-2-4-19(21)25/h2-6,13,15-16H,7-12,14H2,1H3,(H,26,33)(H,28,29,32). The SMILES string of the molecule is CNC(=O)c1ccc(N2CCC(N3CCC(c4nc5c(Cl)cccc5c(=O)[nH]4)C3)CC2)cn1. The summed E-state index contributed by atoms with van der Waals surface area (Å²) in [5.41, 5.74) is 1.94. The average molecular weight is 467 g/mol. The first-order valence-electron chi connectivity index (χ1n) is 11.4. The quantitative estimate of drug-likeness (QED) is 0.614. The number of piperidine rings is 1. The summed E-state index contributed by atoms with van der Waals surface area (Å²) in [5, 5.41) is 3.64. The number of hydrogen-bond donors (Lipinski definition) is 2. The molecule has 0 radical (unpaired) electrons. The van der Waals surface area contributed by atoms with Crippen LogP contribution in [-0.4, -0.2) is 65.0 Å². The first-order chi connectivity index (χ1) is 16.0. The Balaban J connectivity index is 1.22. The number of benzene rings is 1. The number of fused-ring (bicyclic) bond motifs is 1. The lowest BCUT2D eigenvalue weighted by atomic mass is 10.0. The van der Waals surface area contributed by atoms with Gasteiger partial charge in [0.05, 0.1) is 27.8 Å². The van der Waals surface area contributed by atoms with Gasteiger partial charge in [-0.25, -0.2) is 9.97 Å². The molecule has 2 saturated heterocycles. The van der Waals surface area contributed by atoms with E-state index < -0.39 is 0 Å². The maximum absolute atomic E-state index is 12.5. The van der Waals surface area contributed by atoms with Gasteiger partial charge in [-0.2, -0.15) is 0 Å². The highest BCUT2D eigenvalue weighted by atomic mass is 35.5. The molecule has 172 valence electrons. The van der Waals surface area contributed by atoms with Gasteiger partial charge in [-0.1, -0.05) is 17.7 Å². The largest absolute Gasteiger partial charge is 0.370 e. The van der Waals surface area contributed by atoms with Crippen molar-refractivity contribution in [3.8, 4) is 0 Å². The third-order valence-corrected chi connectivity index (χ3v) is 7.17. The number of halogens is 1. The normalized spacial score (nSPS) is 19.8. The van der Waals surface area contributed by atoms with Crippen molar-refractivity contribution in [3.05, 3.63) is 63.4 Å². The molecule has 5 rings (SSSR count). The number of anilines is 1. The van der Waals surface area contributed by atoms with Crippen LogP contribution in [0.5, 0.6) is 0 Å². The number of nitrogens with one attached hydrogen (secondary N) is 2. The van der Waals surface area contributed by atoms with Crippen LogP contribution in [-0.2, 0) is 0 Å². The summed E-state index contributed by atoms with van der Waals surface area (Å²) in [5.74, 6) is 0.772. The van der Waals surface area contributed by atoms with Crippen molar-refractivity contribution < 1.29 is 4.79 Å². The van der Waals surface area contributed by atoms with Gasteiger partial charge in [0, 0.05) is 38.6 Å². The van der Waals surface area contributed by atoms with Gasteiger partial charge in [0.2, 0.25) is 0 Å². The van der Waals surface area contributed by atoms with Crippen molar-refractivity contribution in [1.82, 2.24) is 25.2 Å². The number of hydrogen-bond acceptors (Lipinski definition) is 6. The van der Waals surface area contributed by atoms with Gasteiger partial charge in [-0.3, -0.25) is 14.5 Å². The van der Waals surface area contributed by atoms with Gasteiger partial charge >= 0.3 is 0 Å². The smallest absolute Gasteiger partial charge is 0.269 e. The monoisotopic (exact) mass is 466 g/mol. The predicted octanol–water partition coefficient (Wildman–Crippen LogP) is 2.79. The molecule has 0 spiro atoms. The van der Waals surface area contributed by atoms with E-state index in [0.29, 0.717) is 27.7 Å². The lowest BCUT2D eigenvalue weighted by Gasteiger charge is -2.37. The fourth-order valence-electron chi connectivity index (χ4n) is 5.00. The second-order valence-corrected chi connectivity index (χ2v) is 9.17. The molecule has 1 atom stereocenters. The number of nitrogens with zero attached hydrogens (tertiary/aromatic N) is 4. The maximum atomic E-state index is 12.5. The number of H-pyrrole nitrogens is 1. The fraction of sp³-hybridized carbons (Fsp3) is 0.417. The molecule has 1 aromatic carbocycles. The van der Waals surface area contributed by atoms with Crippen molar-refractivity contribution in [2.24, 2.45) is 0 Å². The molecule has 0 saturated carbocycles. The zero-order valence-electron chi connectivity index (χ0n) is 18.6. The molecule has 1 unspecified atom stereocenters. The molecule has 0 bridgehead atoms. The van der Waals surface area contributed by atoms with Crippen molar-refractivity contribution in [3.63, 3.8) is 0 Å². The van der Waals surface area contributed by atoms with Crippen LogP contribution in [0.1, 0.15) is 41.5 Å². The van der Waals surface area contributed by atoms with Crippen molar-refractivity contribution >= 4 is 34.1 Å². The molecule has 2 N–H and O–H groups in total. The van der Waals surface area contributed by atoms with Crippen LogP contribution in [0.3, 0.4) is 0 Å². The summed E-state index contributed by atoms with van der Waals surface area (Å²) in [6, 6.07) is 9.56. The highest BCUT2D eigenvalue weighted by Crippen LogP contribution is 2.31. The number of pyridine rings is 1. The van der Waals surface area contributed by atoms with E-state index in [0.717, 1.165) is 57.0 Å². The molecule has 2 aliphatic rings.